The van der Waals surface area contributed by atoms with Crippen LogP contribution in [0.25, 0.3) is 0 Å². The minimum Gasteiger partial charge on any atom is -0.459 e. The minimum atomic E-state index is -0.537. The number of ether oxygens (including phenoxy) is 3. The molecule has 0 spiro atoms. The van der Waals surface area contributed by atoms with Gasteiger partial charge in [-0.2, -0.15) is 0 Å². The lowest BCUT2D eigenvalue weighted by atomic mass is 10.2. The Bertz CT molecular complexity index is 651. The largest absolute Gasteiger partial charge is 0.459 e. The number of hydrogen-bond donors (Lipinski definition) is 1. The number of aryl methyl sites for hydroxylation is 1. The molecular weight excluding hydrogens is 270 g/mol. The van der Waals surface area contributed by atoms with Crippen molar-refractivity contribution in [2.75, 3.05) is 12.3 Å². The van der Waals surface area contributed by atoms with Gasteiger partial charge in [-0.3, -0.25) is 0 Å². The topological polar surface area (TPSA) is 62.5 Å². The van der Waals surface area contributed by atoms with Gasteiger partial charge in [-0.15, -0.1) is 0 Å². The molecule has 1 aromatic carbocycles. The molecule has 0 radical (unpaired) electrons. The Hall–Kier alpha value is -2.63. The summed E-state index contributed by atoms with van der Waals surface area (Å²) in [5.41, 5.74) is 7.33. The average Bonchev–Trinajstić information content (AvgIpc) is 3.09. The van der Waals surface area contributed by atoms with Crippen molar-refractivity contribution < 1.29 is 18.8 Å². The van der Waals surface area contributed by atoms with Crippen molar-refractivity contribution >= 4 is 5.69 Å². The molecule has 1 aliphatic heterocycles. The van der Waals surface area contributed by atoms with Crippen molar-refractivity contribution in [1.29, 1.82) is 0 Å². The number of imidazole rings is 1. The van der Waals surface area contributed by atoms with Crippen molar-refractivity contribution in [1.82, 2.24) is 4.57 Å². The monoisotopic (exact) mass is 288 g/mol. The lowest BCUT2D eigenvalue weighted by Gasteiger charge is -2.13. The molecule has 1 unspecified atom stereocenters. The number of para-hydroxylation sites is 1. The maximum absolute atomic E-state index is 5.89. The van der Waals surface area contributed by atoms with Gasteiger partial charge in [-0.1, -0.05) is 12.1 Å². The third-order valence-electron chi connectivity index (χ3n) is 3.18. The van der Waals surface area contributed by atoms with Gasteiger partial charge in [0.25, 0.3) is 6.29 Å². The Balaban J connectivity index is 1.49. The van der Waals surface area contributed by atoms with E-state index in [0.29, 0.717) is 18.2 Å². The fourth-order valence-corrected chi connectivity index (χ4v) is 2.09. The van der Waals surface area contributed by atoms with Crippen LogP contribution in [0.2, 0.25) is 0 Å². The normalized spacial score (nSPS) is 17.0. The summed E-state index contributed by atoms with van der Waals surface area (Å²) in [6.07, 6.45) is 6.88. The molecule has 110 valence electrons. The van der Waals surface area contributed by atoms with Crippen molar-refractivity contribution in [2.24, 2.45) is 7.05 Å². The van der Waals surface area contributed by atoms with Gasteiger partial charge in [0.2, 0.25) is 6.33 Å². The first-order chi connectivity index (χ1) is 10.2. The molecule has 0 saturated carbocycles. The van der Waals surface area contributed by atoms with Crippen LogP contribution in [0.4, 0.5) is 5.69 Å². The quantitative estimate of drug-likeness (QED) is 0.668. The van der Waals surface area contributed by atoms with Gasteiger partial charge in [-0.25, -0.2) is 9.13 Å². The molecule has 0 aliphatic carbocycles. The molecule has 6 heteroatoms. The maximum Gasteiger partial charge on any atom is 0.319 e. The second-order valence-corrected chi connectivity index (χ2v) is 4.82. The Kier molecular flexibility index (Phi) is 3.68. The van der Waals surface area contributed by atoms with Gasteiger partial charge in [0.1, 0.15) is 25.5 Å². The van der Waals surface area contributed by atoms with E-state index in [1.165, 1.54) is 6.26 Å². The number of anilines is 1. The molecule has 0 saturated heterocycles. The number of hydrogen-bond acceptors (Lipinski definition) is 4. The number of nitrogen functional groups attached to an aromatic ring is 1. The first-order valence-corrected chi connectivity index (χ1v) is 6.73. The van der Waals surface area contributed by atoms with Crippen LogP contribution in [-0.4, -0.2) is 11.2 Å². The number of benzene rings is 1. The molecular formula is C15H18N3O3+. The standard InChI is InChI=1S/C15H18N3O3/c1-17-6-7-18(11-17)8-9-19-14-10-20-15(21-14)12-4-2-3-5-13(12)16/h2-7,10-11,15H,8-9,16H2,1H3/q+1. The van der Waals surface area contributed by atoms with Gasteiger partial charge in [0.15, 0.2) is 6.26 Å². The summed E-state index contributed by atoms with van der Waals surface area (Å²) in [5.74, 6) is 0.375. The summed E-state index contributed by atoms with van der Waals surface area (Å²) in [6, 6.07) is 7.45. The first kappa shape index (κ1) is 13.4. The molecule has 0 fully saturated rings. The van der Waals surface area contributed by atoms with Gasteiger partial charge in [-0.05, 0) is 12.1 Å². The van der Waals surface area contributed by atoms with E-state index in [2.05, 4.69) is 0 Å². The molecule has 6 nitrogen and oxygen atoms in total. The SMILES string of the molecule is C[n+]1ccn(CCOC2=COC(c3ccccc3N)O2)c1. The van der Waals surface area contributed by atoms with Crippen molar-refractivity contribution in [3.05, 3.63) is 60.8 Å². The second kappa shape index (κ2) is 5.78. The van der Waals surface area contributed by atoms with Gasteiger partial charge in [0.05, 0.1) is 12.6 Å². The Morgan fingerprint density at radius 2 is 2.24 bits per heavy atom. The number of rotatable bonds is 5. The number of nitrogens with zero attached hydrogens (tertiary/aromatic N) is 2. The van der Waals surface area contributed by atoms with E-state index in [1.807, 2.05) is 59.2 Å². The summed E-state index contributed by atoms with van der Waals surface area (Å²) in [7, 11) is 1.97. The van der Waals surface area contributed by atoms with E-state index in [1.54, 1.807) is 0 Å². The zero-order valence-corrected chi connectivity index (χ0v) is 11.8. The van der Waals surface area contributed by atoms with E-state index in [9.17, 15) is 0 Å². The molecule has 2 heterocycles. The summed E-state index contributed by atoms with van der Waals surface area (Å²) >= 11 is 0. The predicted molar refractivity (Wildman–Crippen MR) is 75.4 cm³/mol. The number of nitrogens with two attached hydrogens (primary N) is 1. The fourth-order valence-electron chi connectivity index (χ4n) is 2.09. The highest BCUT2D eigenvalue weighted by atomic mass is 16.8. The average molecular weight is 288 g/mol. The second-order valence-electron chi connectivity index (χ2n) is 4.82. The third-order valence-corrected chi connectivity index (χ3v) is 3.18. The van der Waals surface area contributed by atoms with Crippen LogP contribution in [0, 0.1) is 0 Å². The molecule has 1 aliphatic rings. The van der Waals surface area contributed by atoms with Crippen LogP contribution in [0.15, 0.2) is 55.2 Å². The lowest BCUT2D eigenvalue weighted by molar-refractivity contribution is -0.671. The van der Waals surface area contributed by atoms with Crippen LogP contribution in [-0.2, 0) is 27.8 Å². The smallest absolute Gasteiger partial charge is 0.319 e. The molecule has 1 aromatic heterocycles. The van der Waals surface area contributed by atoms with Crippen molar-refractivity contribution in [2.45, 2.75) is 12.8 Å². The van der Waals surface area contributed by atoms with E-state index in [-0.39, 0.29) is 0 Å². The fraction of sp³-hybridized carbons (Fsp3) is 0.267. The molecule has 2 aromatic rings. The van der Waals surface area contributed by atoms with E-state index in [0.717, 1.165) is 12.1 Å². The Labute approximate surface area is 123 Å². The highest BCUT2D eigenvalue weighted by Crippen LogP contribution is 2.31. The lowest BCUT2D eigenvalue weighted by Crippen LogP contribution is -2.24. The van der Waals surface area contributed by atoms with Crippen molar-refractivity contribution in [3.8, 4) is 0 Å². The van der Waals surface area contributed by atoms with E-state index in [4.69, 9.17) is 19.9 Å². The summed E-state index contributed by atoms with van der Waals surface area (Å²) < 4.78 is 20.6. The predicted octanol–water partition coefficient (Wildman–Crippen LogP) is 1.46. The molecule has 0 bridgehead atoms. The van der Waals surface area contributed by atoms with Crippen LogP contribution >= 0.6 is 0 Å². The van der Waals surface area contributed by atoms with Crippen LogP contribution in [0.1, 0.15) is 11.9 Å². The minimum absolute atomic E-state index is 0.375. The zero-order chi connectivity index (χ0) is 14.7. The van der Waals surface area contributed by atoms with Gasteiger partial charge < -0.3 is 19.9 Å². The Morgan fingerprint density at radius 1 is 1.38 bits per heavy atom. The number of aromatic nitrogens is 2. The highest BCUT2D eigenvalue weighted by molar-refractivity contribution is 5.47. The van der Waals surface area contributed by atoms with Gasteiger partial charge >= 0.3 is 5.95 Å². The summed E-state index contributed by atoms with van der Waals surface area (Å²) in [4.78, 5) is 0. The highest BCUT2D eigenvalue weighted by Gasteiger charge is 2.24. The summed E-state index contributed by atoms with van der Waals surface area (Å²) in [6.45, 7) is 1.24. The Morgan fingerprint density at radius 3 is 3.00 bits per heavy atom. The first-order valence-electron chi connectivity index (χ1n) is 6.73. The molecule has 1 atom stereocenters. The van der Waals surface area contributed by atoms with Crippen LogP contribution in [0.5, 0.6) is 0 Å². The zero-order valence-electron chi connectivity index (χ0n) is 11.8. The van der Waals surface area contributed by atoms with E-state index < -0.39 is 6.29 Å². The molecule has 0 amide bonds. The molecule has 2 N–H and O–H groups in total. The molecule has 3 rings (SSSR count). The van der Waals surface area contributed by atoms with E-state index >= 15 is 0 Å². The van der Waals surface area contributed by atoms with Crippen LogP contribution < -0.4 is 10.3 Å². The van der Waals surface area contributed by atoms with Gasteiger partial charge in [0, 0.05) is 5.69 Å². The molecule has 21 heavy (non-hydrogen) atoms. The van der Waals surface area contributed by atoms with Crippen LogP contribution in [0.3, 0.4) is 0 Å². The summed E-state index contributed by atoms with van der Waals surface area (Å²) in [5, 5.41) is 0. The maximum atomic E-state index is 5.89. The third kappa shape index (κ3) is 3.10. The van der Waals surface area contributed by atoms with Crippen molar-refractivity contribution in [3.63, 3.8) is 0 Å².